The minimum atomic E-state index is -0.455. The predicted molar refractivity (Wildman–Crippen MR) is 142 cm³/mol. The number of pyridine rings is 2. The zero-order valence-corrected chi connectivity index (χ0v) is 21.6. The molecule has 7 nitrogen and oxygen atoms in total. The van der Waals surface area contributed by atoms with Crippen LogP contribution in [0.1, 0.15) is 42.7 Å². The lowest BCUT2D eigenvalue weighted by Gasteiger charge is -2.21. The molecule has 1 aliphatic heterocycles. The number of ether oxygens (including phenoxy) is 3. The Labute approximate surface area is 223 Å². The van der Waals surface area contributed by atoms with Crippen molar-refractivity contribution in [2.45, 2.75) is 25.9 Å². The number of aromatic nitrogens is 4. The zero-order chi connectivity index (χ0) is 25.8. The molecule has 1 atom stereocenters. The van der Waals surface area contributed by atoms with Crippen LogP contribution in [-0.2, 0) is 4.74 Å². The van der Waals surface area contributed by atoms with Gasteiger partial charge in [0.25, 0.3) is 0 Å². The molecule has 0 unspecified atom stereocenters. The summed E-state index contributed by atoms with van der Waals surface area (Å²) in [4.78, 5) is 8.24. The molecule has 5 rings (SSSR count). The summed E-state index contributed by atoms with van der Waals surface area (Å²) >= 11 is 12.5. The van der Waals surface area contributed by atoms with Crippen LogP contribution < -0.4 is 9.47 Å². The summed E-state index contributed by atoms with van der Waals surface area (Å²) in [6.07, 6.45) is 7.41. The number of nitrogens with zero attached hydrogens (tertiary/aromatic N) is 3. The van der Waals surface area contributed by atoms with Crippen LogP contribution in [0.4, 0.5) is 4.39 Å². The molecule has 4 aromatic rings. The minimum Gasteiger partial charge on any atom is -0.486 e. The van der Waals surface area contributed by atoms with E-state index in [1.54, 1.807) is 30.3 Å². The van der Waals surface area contributed by atoms with Gasteiger partial charge < -0.3 is 14.2 Å². The number of halogens is 3. The molecule has 0 radical (unpaired) electrons. The number of H-pyrrole nitrogens is 1. The number of rotatable bonds is 8. The Hall–Kier alpha value is -3.20. The van der Waals surface area contributed by atoms with Crippen molar-refractivity contribution in [1.82, 2.24) is 20.2 Å². The van der Waals surface area contributed by atoms with Crippen LogP contribution in [0.15, 0.2) is 48.9 Å². The first-order valence-electron chi connectivity index (χ1n) is 12.0. The van der Waals surface area contributed by atoms with E-state index in [1.165, 1.54) is 24.7 Å². The highest BCUT2D eigenvalue weighted by atomic mass is 35.5. The lowest BCUT2D eigenvalue weighted by Crippen LogP contribution is -2.21. The smallest absolute Gasteiger partial charge is 0.213 e. The van der Waals surface area contributed by atoms with Crippen molar-refractivity contribution in [3.05, 3.63) is 75.8 Å². The Morgan fingerprint density at radius 1 is 1.16 bits per heavy atom. The number of benzene rings is 1. The van der Waals surface area contributed by atoms with Crippen molar-refractivity contribution in [2.24, 2.45) is 5.92 Å². The number of nitrogens with one attached hydrogen (secondary N) is 1. The van der Waals surface area contributed by atoms with E-state index in [-0.39, 0.29) is 0 Å². The molecule has 4 heterocycles. The van der Waals surface area contributed by atoms with Gasteiger partial charge in [-0.05, 0) is 49.9 Å². The lowest BCUT2D eigenvalue weighted by atomic mass is 10.0. The first kappa shape index (κ1) is 25.4. The highest BCUT2D eigenvalue weighted by Gasteiger charge is 2.17. The second-order valence-electron chi connectivity index (χ2n) is 8.84. The van der Waals surface area contributed by atoms with E-state index >= 15 is 4.39 Å². The van der Waals surface area contributed by atoms with Gasteiger partial charge in [-0.1, -0.05) is 23.2 Å². The highest BCUT2D eigenvalue weighted by molar-refractivity contribution is 6.35. The zero-order valence-electron chi connectivity index (χ0n) is 20.1. The van der Waals surface area contributed by atoms with Crippen molar-refractivity contribution in [3.8, 4) is 11.6 Å². The highest BCUT2D eigenvalue weighted by Crippen LogP contribution is 2.34. The van der Waals surface area contributed by atoms with Crippen LogP contribution in [0.5, 0.6) is 11.6 Å². The molecular weight excluding hydrogens is 518 g/mol. The van der Waals surface area contributed by atoms with E-state index in [1.807, 2.05) is 6.92 Å². The third kappa shape index (κ3) is 6.04. The third-order valence-electron chi connectivity index (χ3n) is 6.26. The standard InChI is InChI=1S/C27H25Cl2FN4O3/c1-16(27-21(28)13-31-14-22(27)29)37-19-3-4-24-20(10-19)25(34-33-24)11-23(30)18-2-5-26(32-12-18)36-15-17-6-8-35-9-7-17/h2-5,10-14,16-17H,6-9,15H2,1H3,(H,33,34)/b23-11-/t16-/m1/s1. The summed E-state index contributed by atoms with van der Waals surface area (Å²) in [5, 5.41) is 8.70. The molecule has 1 aromatic carbocycles. The molecule has 0 bridgehead atoms. The van der Waals surface area contributed by atoms with Crippen LogP contribution in [-0.4, -0.2) is 40.0 Å². The average molecular weight is 543 g/mol. The molecule has 37 heavy (non-hydrogen) atoms. The number of hydrogen-bond acceptors (Lipinski definition) is 6. The molecule has 192 valence electrons. The average Bonchev–Trinajstić information content (AvgIpc) is 3.30. The molecule has 1 saturated heterocycles. The van der Waals surface area contributed by atoms with E-state index in [4.69, 9.17) is 37.4 Å². The van der Waals surface area contributed by atoms with Crippen LogP contribution in [0.3, 0.4) is 0 Å². The molecule has 0 spiro atoms. The fourth-order valence-electron chi connectivity index (χ4n) is 4.20. The van der Waals surface area contributed by atoms with Crippen molar-refractivity contribution >= 4 is 46.0 Å². The number of aromatic amines is 1. The summed E-state index contributed by atoms with van der Waals surface area (Å²) in [7, 11) is 0. The Bertz CT molecular complexity index is 1380. The number of fused-ring (bicyclic) bond motifs is 1. The Morgan fingerprint density at radius 2 is 1.95 bits per heavy atom. The van der Waals surface area contributed by atoms with Crippen LogP contribution in [0, 0.1) is 5.92 Å². The van der Waals surface area contributed by atoms with Crippen LogP contribution in [0.2, 0.25) is 10.0 Å². The second-order valence-corrected chi connectivity index (χ2v) is 9.65. The van der Waals surface area contributed by atoms with Gasteiger partial charge in [0.05, 0.1) is 27.9 Å². The first-order valence-corrected chi connectivity index (χ1v) is 12.7. The molecule has 3 aromatic heterocycles. The Balaban J connectivity index is 1.30. The summed E-state index contributed by atoms with van der Waals surface area (Å²) < 4.78 is 32.3. The van der Waals surface area contributed by atoms with Crippen molar-refractivity contribution < 1.29 is 18.6 Å². The molecule has 0 aliphatic carbocycles. The van der Waals surface area contributed by atoms with Gasteiger partial charge in [0.1, 0.15) is 17.7 Å². The maximum atomic E-state index is 15.1. The monoisotopic (exact) mass is 542 g/mol. The minimum absolute atomic E-state index is 0.337. The maximum absolute atomic E-state index is 15.1. The van der Waals surface area contributed by atoms with Gasteiger partial charge in [-0.3, -0.25) is 10.1 Å². The fourth-order valence-corrected chi connectivity index (χ4v) is 4.87. The van der Waals surface area contributed by atoms with Gasteiger partial charge in [-0.2, -0.15) is 5.10 Å². The maximum Gasteiger partial charge on any atom is 0.213 e. The summed E-state index contributed by atoms with van der Waals surface area (Å²) in [5.41, 5.74) is 2.16. The van der Waals surface area contributed by atoms with Crippen molar-refractivity contribution in [2.75, 3.05) is 19.8 Å². The van der Waals surface area contributed by atoms with Gasteiger partial charge >= 0.3 is 0 Å². The first-order chi connectivity index (χ1) is 18.0. The van der Waals surface area contributed by atoms with Crippen molar-refractivity contribution in [1.29, 1.82) is 0 Å². The lowest BCUT2D eigenvalue weighted by molar-refractivity contribution is 0.0490. The Kier molecular flexibility index (Phi) is 7.88. The van der Waals surface area contributed by atoms with Gasteiger partial charge in [0.2, 0.25) is 5.88 Å². The normalized spacial score (nSPS) is 15.6. The van der Waals surface area contributed by atoms with Gasteiger partial charge in [0.15, 0.2) is 0 Å². The van der Waals surface area contributed by atoms with Crippen LogP contribution in [0.25, 0.3) is 22.8 Å². The molecule has 1 aliphatic rings. The largest absolute Gasteiger partial charge is 0.486 e. The predicted octanol–water partition coefficient (Wildman–Crippen LogP) is 7.07. The fraction of sp³-hybridized carbons (Fsp3) is 0.296. The SMILES string of the molecule is C[C@@H](Oc1ccc2n[nH]c(/C=C(\F)c3ccc(OCC4CCOCC4)nc3)c2c1)c1c(Cl)cncc1Cl. The topological polar surface area (TPSA) is 82.2 Å². The van der Waals surface area contributed by atoms with Crippen molar-refractivity contribution in [3.63, 3.8) is 0 Å². The molecule has 1 fully saturated rings. The molecule has 0 amide bonds. The van der Waals surface area contributed by atoms with E-state index in [0.717, 1.165) is 26.1 Å². The van der Waals surface area contributed by atoms with Gasteiger partial charge in [0, 0.05) is 60.5 Å². The van der Waals surface area contributed by atoms with E-state index < -0.39 is 11.9 Å². The molecule has 0 saturated carbocycles. The molecule has 10 heteroatoms. The van der Waals surface area contributed by atoms with E-state index in [9.17, 15) is 0 Å². The van der Waals surface area contributed by atoms with Crippen LogP contribution >= 0.6 is 23.2 Å². The molecule has 1 N–H and O–H groups in total. The number of hydrogen-bond donors (Lipinski definition) is 1. The quantitative estimate of drug-likeness (QED) is 0.256. The van der Waals surface area contributed by atoms with E-state index in [0.29, 0.717) is 61.9 Å². The third-order valence-corrected chi connectivity index (χ3v) is 6.86. The summed E-state index contributed by atoms with van der Waals surface area (Å²) in [5.74, 6) is 1.04. The van der Waals surface area contributed by atoms with Gasteiger partial charge in [-0.15, -0.1) is 0 Å². The Morgan fingerprint density at radius 3 is 2.68 bits per heavy atom. The molecular formula is C27H25Cl2FN4O3. The van der Waals surface area contributed by atoms with E-state index in [2.05, 4.69) is 20.2 Å². The summed E-state index contributed by atoms with van der Waals surface area (Å²) in [6.45, 7) is 3.95. The second kappa shape index (κ2) is 11.5. The summed E-state index contributed by atoms with van der Waals surface area (Å²) in [6, 6.07) is 8.70. The van der Waals surface area contributed by atoms with Gasteiger partial charge in [-0.25, -0.2) is 9.37 Å².